The smallest absolute Gasteiger partial charge is 0.337 e. The van der Waals surface area contributed by atoms with Gasteiger partial charge in [-0.2, -0.15) is 0 Å². The van der Waals surface area contributed by atoms with Crippen LogP contribution in [0.15, 0.2) is 36.4 Å². The van der Waals surface area contributed by atoms with E-state index >= 15 is 0 Å². The van der Waals surface area contributed by atoms with Crippen molar-refractivity contribution in [1.29, 1.82) is 0 Å². The van der Waals surface area contributed by atoms with Crippen molar-refractivity contribution in [2.45, 2.75) is 27.3 Å². The molecule has 0 saturated carbocycles. The third kappa shape index (κ3) is 3.43. The number of nitrogens with one attached hydrogen (secondary N) is 1. The van der Waals surface area contributed by atoms with Gasteiger partial charge >= 0.3 is 5.97 Å². The van der Waals surface area contributed by atoms with Crippen LogP contribution in [0.2, 0.25) is 0 Å². The predicted molar refractivity (Wildman–Crippen MR) is 85.8 cm³/mol. The van der Waals surface area contributed by atoms with Crippen LogP contribution >= 0.6 is 0 Å². The molecule has 0 aliphatic carbocycles. The summed E-state index contributed by atoms with van der Waals surface area (Å²) in [5.41, 5.74) is 6.52. The van der Waals surface area contributed by atoms with Crippen LogP contribution in [0.3, 0.4) is 0 Å². The van der Waals surface area contributed by atoms with Crippen LogP contribution in [-0.4, -0.2) is 13.1 Å². The van der Waals surface area contributed by atoms with Crippen molar-refractivity contribution in [3.63, 3.8) is 0 Å². The van der Waals surface area contributed by atoms with Crippen molar-refractivity contribution < 1.29 is 9.53 Å². The summed E-state index contributed by atoms with van der Waals surface area (Å²) in [6.45, 7) is 7.00. The van der Waals surface area contributed by atoms with Crippen molar-refractivity contribution in [2.75, 3.05) is 12.4 Å². The monoisotopic (exact) mass is 283 g/mol. The second-order valence-corrected chi connectivity index (χ2v) is 5.25. The Kier molecular flexibility index (Phi) is 4.63. The molecule has 0 aliphatic rings. The maximum Gasteiger partial charge on any atom is 0.337 e. The molecule has 0 bridgehead atoms. The summed E-state index contributed by atoms with van der Waals surface area (Å²) < 4.78 is 4.73. The summed E-state index contributed by atoms with van der Waals surface area (Å²) in [5.74, 6) is -0.306. The van der Waals surface area contributed by atoms with Gasteiger partial charge in [-0.1, -0.05) is 18.2 Å². The quantitative estimate of drug-likeness (QED) is 0.862. The molecule has 0 heterocycles. The highest BCUT2D eigenvalue weighted by atomic mass is 16.5. The van der Waals surface area contributed by atoms with E-state index in [1.165, 1.54) is 23.8 Å². The Morgan fingerprint density at radius 1 is 1.05 bits per heavy atom. The molecule has 110 valence electrons. The number of benzene rings is 2. The molecule has 3 nitrogen and oxygen atoms in total. The Morgan fingerprint density at radius 3 is 2.29 bits per heavy atom. The summed E-state index contributed by atoms with van der Waals surface area (Å²) in [5, 5.41) is 3.44. The number of rotatable bonds is 4. The molecule has 21 heavy (non-hydrogen) atoms. The summed E-state index contributed by atoms with van der Waals surface area (Å²) in [7, 11) is 1.39. The summed E-state index contributed by atoms with van der Waals surface area (Å²) >= 11 is 0. The molecular weight excluding hydrogens is 262 g/mol. The number of carbonyl (C=O) groups excluding carboxylic acids is 1. The van der Waals surface area contributed by atoms with E-state index in [0.29, 0.717) is 5.56 Å². The van der Waals surface area contributed by atoms with Gasteiger partial charge in [-0.15, -0.1) is 0 Å². The van der Waals surface area contributed by atoms with Crippen LogP contribution < -0.4 is 5.32 Å². The molecule has 0 fully saturated rings. The maximum absolute atomic E-state index is 11.5. The van der Waals surface area contributed by atoms with Gasteiger partial charge in [0.15, 0.2) is 0 Å². The number of anilines is 1. The van der Waals surface area contributed by atoms with Crippen LogP contribution in [0.1, 0.15) is 32.6 Å². The van der Waals surface area contributed by atoms with Crippen LogP contribution in [0.25, 0.3) is 0 Å². The lowest BCUT2D eigenvalue weighted by Gasteiger charge is -2.14. The molecule has 0 aromatic heterocycles. The van der Waals surface area contributed by atoms with E-state index in [9.17, 15) is 4.79 Å². The Labute approximate surface area is 126 Å². The number of carbonyl (C=O) groups is 1. The molecule has 0 spiro atoms. The summed E-state index contributed by atoms with van der Waals surface area (Å²) in [6.07, 6.45) is 0. The average Bonchev–Trinajstić information content (AvgIpc) is 2.47. The molecule has 0 radical (unpaired) electrons. The molecular formula is C18H21NO2. The highest BCUT2D eigenvalue weighted by Crippen LogP contribution is 2.20. The first-order valence-electron chi connectivity index (χ1n) is 7.01. The molecule has 2 aromatic carbocycles. The van der Waals surface area contributed by atoms with E-state index in [1.54, 1.807) is 6.07 Å². The lowest BCUT2D eigenvalue weighted by atomic mass is 10.0. The summed E-state index contributed by atoms with van der Waals surface area (Å²) in [6, 6.07) is 11.9. The Balaban J connectivity index is 2.16. The van der Waals surface area contributed by atoms with Crippen molar-refractivity contribution in [2.24, 2.45) is 0 Å². The number of ether oxygens (including phenoxy) is 1. The highest BCUT2D eigenvalue weighted by Gasteiger charge is 2.08. The molecule has 0 saturated heterocycles. The van der Waals surface area contributed by atoms with E-state index in [-0.39, 0.29) is 5.97 Å². The van der Waals surface area contributed by atoms with Crippen molar-refractivity contribution in [3.8, 4) is 0 Å². The first-order chi connectivity index (χ1) is 10.0. The topological polar surface area (TPSA) is 38.3 Å². The zero-order chi connectivity index (χ0) is 15.4. The standard InChI is InChI=1S/C18H21NO2/c1-12-6-5-7-13(2)16(12)11-19-17-9-8-15(10-14(17)3)18(20)21-4/h5-10,19H,11H2,1-4H3. The van der Waals surface area contributed by atoms with Crippen LogP contribution in [0.4, 0.5) is 5.69 Å². The number of methoxy groups -OCH3 is 1. The van der Waals surface area contributed by atoms with E-state index in [4.69, 9.17) is 4.74 Å². The Bertz CT molecular complexity index is 642. The molecule has 0 aliphatic heterocycles. The van der Waals surface area contributed by atoms with Crippen molar-refractivity contribution in [1.82, 2.24) is 0 Å². The van der Waals surface area contributed by atoms with Gasteiger partial charge in [0.1, 0.15) is 0 Å². The highest BCUT2D eigenvalue weighted by molar-refractivity contribution is 5.90. The van der Waals surface area contributed by atoms with Crippen molar-refractivity contribution >= 4 is 11.7 Å². The molecule has 0 amide bonds. The second kappa shape index (κ2) is 6.44. The van der Waals surface area contributed by atoms with Gasteiger partial charge in [-0.3, -0.25) is 0 Å². The lowest BCUT2D eigenvalue weighted by Crippen LogP contribution is -2.06. The molecule has 1 N–H and O–H groups in total. The third-order valence-electron chi connectivity index (χ3n) is 3.75. The fourth-order valence-corrected chi connectivity index (χ4v) is 2.42. The zero-order valence-corrected chi connectivity index (χ0v) is 13.0. The second-order valence-electron chi connectivity index (χ2n) is 5.25. The fourth-order valence-electron chi connectivity index (χ4n) is 2.42. The van der Waals surface area contributed by atoms with Crippen LogP contribution in [0.5, 0.6) is 0 Å². The van der Waals surface area contributed by atoms with Gasteiger partial charge in [0.25, 0.3) is 0 Å². The first-order valence-corrected chi connectivity index (χ1v) is 7.01. The largest absolute Gasteiger partial charge is 0.465 e. The van der Waals surface area contributed by atoms with E-state index in [1.807, 2.05) is 19.1 Å². The molecule has 2 rings (SSSR count). The SMILES string of the molecule is COC(=O)c1ccc(NCc2c(C)cccc2C)c(C)c1. The Hall–Kier alpha value is -2.29. The minimum Gasteiger partial charge on any atom is -0.465 e. The minimum atomic E-state index is -0.306. The lowest BCUT2D eigenvalue weighted by molar-refractivity contribution is 0.0600. The van der Waals surface area contributed by atoms with Gasteiger partial charge < -0.3 is 10.1 Å². The van der Waals surface area contributed by atoms with Gasteiger partial charge in [0.05, 0.1) is 12.7 Å². The Morgan fingerprint density at radius 2 is 1.71 bits per heavy atom. The zero-order valence-electron chi connectivity index (χ0n) is 13.0. The summed E-state index contributed by atoms with van der Waals surface area (Å²) in [4.78, 5) is 11.5. The van der Waals surface area contributed by atoms with E-state index < -0.39 is 0 Å². The van der Waals surface area contributed by atoms with Gasteiger partial charge in [-0.05, 0) is 61.2 Å². The minimum absolute atomic E-state index is 0.306. The number of aryl methyl sites for hydroxylation is 3. The first kappa shape index (κ1) is 15.1. The normalized spacial score (nSPS) is 10.3. The molecule has 2 aromatic rings. The molecule has 3 heteroatoms. The van der Waals surface area contributed by atoms with Gasteiger partial charge in [-0.25, -0.2) is 4.79 Å². The molecule has 0 unspecified atom stereocenters. The molecule has 0 atom stereocenters. The fraction of sp³-hybridized carbons (Fsp3) is 0.278. The number of hydrogen-bond donors (Lipinski definition) is 1. The van der Waals surface area contributed by atoms with Crippen LogP contribution in [0, 0.1) is 20.8 Å². The predicted octanol–water partition coefficient (Wildman–Crippen LogP) is 4.01. The van der Waals surface area contributed by atoms with Gasteiger partial charge in [0, 0.05) is 12.2 Å². The number of esters is 1. The van der Waals surface area contributed by atoms with Crippen molar-refractivity contribution in [3.05, 3.63) is 64.2 Å². The maximum atomic E-state index is 11.5. The van der Waals surface area contributed by atoms with E-state index in [0.717, 1.165) is 17.8 Å². The average molecular weight is 283 g/mol. The third-order valence-corrected chi connectivity index (χ3v) is 3.75. The van der Waals surface area contributed by atoms with Gasteiger partial charge in [0.2, 0.25) is 0 Å². The number of hydrogen-bond acceptors (Lipinski definition) is 3. The van der Waals surface area contributed by atoms with Crippen LogP contribution in [-0.2, 0) is 11.3 Å². The van der Waals surface area contributed by atoms with E-state index in [2.05, 4.69) is 37.4 Å².